The molecule has 0 fully saturated rings. The van der Waals surface area contributed by atoms with Crippen molar-refractivity contribution in [1.82, 2.24) is 4.31 Å². The largest absolute Gasteiger partial charge is 0.490 e. The Hall–Kier alpha value is -2.18. The van der Waals surface area contributed by atoms with Crippen LogP contribution in [0.3, 0.4) is 0 Å². The van der Waals surface area contributed by atoms with E-state index in [9.17, 15) is 21.6 Å². The highest BCUT2D eigenvalue weighted by Crippen LogP contribution is 2.21. The molecular weight excluding hydrogens is 444 g/mol. The fraction of sp³-hybridized carbons (Fsp3) is 0.235. The number of carbonyl (C=O) groups is 1. The lowest BCUT2D eigenvalue weighted by Gasteiger charge is -2.12. The molecule has 0 heterocycles. The van der Waals surface area contributed by atoms with Crippen molar-refractivity contribution in [2.24, 2.45) is 5.14 Å². The minimum Gasteiger partial charge on any atom is -0.490 e. The third-order valence-electron chi connectivity index (χ3n) is 3.67. The molecule has 158 valence electrons. The summed E-state index contributed by atoms with van der Waals surface area (Å²) in [6.07, 6.45) is 0. The molecule has 9 nitrogen and oxygen atoms in total. The molecule has 2 aromatic rings. The smallest absolute Gasteiger partial charge is 0.339 e. The second-order valence-electron chi connectivity index (χ2n) is 5.93. The monoisotopic (exact) mass is 462 g/mol. The van der Waals surface area contributed by atoms with Crippen molar-refractivity contribution in [3.05, 3.63) is 53.1 Å². The van der Waals surface area contributed by atoms with Gasteiger partial charge in [-0.05, 0) is 42.5 Å². The maximum absolute atomic E-state index is 12.1. The van der Waals surface area contributed by atoms with E-state index in [0.717, 1.165) is 10.4 Å². The molecule has 0 aliphatic carbocycles. The number of hydrogen-bond acceptors (Lipinski definition) is 7. The topological polar surface area (TPSA) is 133 Å². The van der Waals surface area contributed by atoms with Crippen LogP contribution in [-0.4, -0.2) is 54.4 Å². The molecule has 0 radical (unpaired) electrons. The van der Waals surface area contributed by atoms with E-state index in [4.69, 9.17) is 26.2 Å². The first-order valence-electron chi connectivity index (χ1n) is 8.08. The molecular formula is C17H19ClN2O7S2. The normalized spacial score (nSPS) is 12.0. The van der Waals surface area contributed by atoms with Gasteiger partial charge in [-0.15, -0.1) is 0 Å². The fourth-order valence-corrected chi connectivity index (χ4v) is 3.76. The number of rotatable bonds is 8. The van der Waals surface area contributed by atoms with Gasteiger partial charge in [-0.2, -0.15) is 0 Å². The van der Waals surface area contributed by atoms with E-state index >= 15 is 0 Å². The summed E-state index contributed by atoms with van der Waals surface area (Å²) in [5, 5.41) is 5.05. The Bertz CT molecular complexity index is 1100. The average Bonchev–Trinajstić information content (AvgIpc) is 2.64. The molecule has 0 atom stereocenters. The standard InChI is InChI=1S/C17H19ClN2O7S2/c1-20(2)29(24,25)13-5-3-12(4-6-13)26-9-10-27-17(21)15-11-14(28(19,22)23)7-8-16(15)18/h3-8,11H,9-10H2,1-2H3,(H2,19,22,23). The maximum Gasteiger partial charge on any atom is 0.339 e. The lowest BCUT2D eigenvalue weighted by molar-refractivity contribution is 0.0450. The Labute approximate surface area is 174 Å². The first-order valence-corrected chi connectivity index (χ1v) is 11.4. The number of hydrogen-bond donors (Lipinski definition) is 1. The third kappa shape index (κ3) is 5.90. The molecule has 0 aromatic heterocycles. The average molecular weight is 463 g/mol. The van der Waals surface area contributed by atoms with Gasteiger partial charge in [0.2, 0.25) is 20.0 Å². The molecule has 12 heteroatoms. The quantitative estimate of drug-likeness (QED) is 0.463. The Morgan fingerprint density at radius 3 is 2.14 bits per heavy atom. The number of esters is 1. The minimum absolute atomic E-state index is 0.0148. The van der Waals surface area contributed by atoms with Crippen molar-refractivity contribution in [1.29, 1.82) is 0 Å². The highest BCUT2D eigenvalue weighted by Gasteiger charge is 2.18. The van der Waals surface area contributed by atoms with E-state index in [2.05, 4.69) is 0 Å². The number of carbonyl (C=O) groups excluding carboxylic acids is 1. The van der Waals surface area contributed by atoms with Crippen molar-refractivity contribution in [3.8, 4) is 5.75 Å². The predicted molar refractivity (Wildman–Crippen MR) is 106 cm³/mol. The highest BCUT2D eigenvalue weighted by molar-refractivity contribution is 7.89. The van der Waals surface area contributed by atoms with E-state index in [1.54, 1.807) is 0 Å². The van der Waals surface area contributed by atoms with E-state index in [1.165, 1.54) is 50.5 Å². The maximum atomic E-state index is 12.1. The van der Waals surface area contributed by atoms with Crippen LogP contribution in [0.5, 0.6) is 5.75 Å². The van der Waals surface area contributed by atoms with Gasteiger partial charge >= 0.3 is 5.97 Å². The Balaban J connectivity index is 1.94. The number of ether oxygens (including phenoxy) is 2. The van der Waals surface area contributed by atoms with Crippen LogP contribution >= 0.6 is 11.6 Å². The van der Waals surface area contributed by atoms with E-state index in [1.807, 2.05) is 0 Å². The number of benzene rings is 2. The zero-order valence-corrected chi connectivity index (χ0v) is 17.9. The van der Waals surface area contributed by atoms with E-state index in [-0.39, 0.29) is 33.6 Å². The molecule has 2 N–H and O–H groups in total. The molecule has 0 unspecified atom stereocenters. The van der Waals surface area contributed by atoms with Gasteiger partial charge in [0, 0.05) is 14.1 Å². The predicted octanol–water partition coefficient (Wildman–Crippen LogP) is 1.47. The summed E-state index contributed by atoms with van der Waals surface area (Å²) in [7, 11) is -4.67. The fourth-order valence-electron chi connectivity index (χ4n) is 2.13. The summed E-state index contributed by atoms with van der Waals surface area (Å²) < 4.78 is 58.3. The third-order valence-corrected chi connectivity index (χ3v) is 6.74. The van der Waals surface area contributed by atoms with Gasteiger partial charge in [0.15, 0.2) is 0 Å². The van der Waals surface area contributed by atoms with Gasteiger partial charge in [0.1, 0.15) is 19.0 Å². The molecule has 0 bridgehead atoms. The van der Waals surface area contributed by atoms with E-state index < -0.39 is 26.0 Å². The number of nitrogens with two attached hydrogens (primary N) is 1. The summed E-state index contributed by atoms with van der Waals surface area (Å²) in [6.45, 7) is -0.162. The summed E-state index contributed by atoms with van der Waals surface area (Å²) in [4.78, 5) is 12.0. The summed E-state index contributed by atoms with van der Waals surface area (Å²) in [5.74, 6) is -0.454. The Morgan fingerprint density at radius 1 is 1.00 bits per heavy atom. The van der Waals surface area contributed by atoms with Crippen LogP contribution in [-0.2, 0) is 24.8 Å². The molecule has 0 aliphatic heterocycles. The van der Waals surface area contributed by atoms with Gasteiger partial charge < -0.3 is 9.47 Å². The molecule has 29 heavy (non-hydrogen) atoms. The first kappa shape index (κ1) is 23.1. The van der Waals surface area contributed by atoms with Crippen molar-refractivity contribution >= 4 is 37.6 Å². The first-order chi connectivity index (χ1) is 13.4. The lowest BCUT2D eigenvalue weighted by atomic mass is 10.2. The molecule has 0 aliphatic rings. The number of sulfonamides is 2. The van der Waals surface area contributed by atoms with Crippen molar-refractivity contribution in [2.45, 2.75) is 9.79 Å². The summed E-state index contributed by atoms with van der Waals surface area (Å²) in [5.41, 5.74) is -0.142. The zero-order valence-electron chi connectivity index (χ0n) is 15.5. The second kappa shape index (κ2) is 9.09. The van der Waals surface area contributed by atoms with Crippen LogP contribution in [0.15, 0.2) is 52.3 Å². The summed E-state index contributed by atoms with van der Waals surface area (Å²) >= 11 is 5.90. The van der Waals surface area contributed by atoms with Crippen LogP contribution in [0.1, 0.15) is 10.4 Å². The summed E-state index contributed by atoms with van der Waals surface area (Å²) in [6, 6.07) is 9.19. The Morgan fingerprint density at radius 2 is 1.59 bits per heavy atom. The van der Waals surface area contributed by atoms with Gasteiger partial charge in [0.05, 0.1) is 20.4 Å². The number of primary sulfonamides is 1. The van der Waals surface area contributed by atoms with Crippen LogP contribution < -0.4 is 9.88 Å². The van der Waals surface area contributed by atoms with Gasteiger partial charge in [-0.25, -0.2) is 31.1 Å². The minimum atomic E-state index is -3.99. The Kier molecular flexibility index (Phi) is 7.25. The molecule has 2 rings (SSSR count). The van der Waals surface area contributed by atoms with Crippen LogP contribution in [0.25, 0.3) is 0 Å². The van der Waals surface area contributed by atoms with Crippen LogP contribution in [0.2, 0.25) is 5.02 Å². The molecule has 0 saturated heterocycles. The molecule has 0 spiro atoms. The highest BCUT2D eigenvalue weighted by atomic mass is 35.5. The number of halogens is 1. The van der Waals surface area contributed by atoms with Crippen molar-refractivity contribution in [2.75, 3.05) is 27.3 Å². The molecule has 2 aromatic carbocycles. The molecule has 0 amide bonds. The SMILES string of the molecule is CN(C)S(=O)(=O)c1ccc(OCCOC(=O)c2cc(S(N)(=O)=O)ccc2Cl)cc1. The lowest BCUT2D eigenvalue weighted by Crippen LogP contribution is -2.22. The zero-order chi connectivity index (χ0) is 21.8. The van der Waals surface area contributed by atoms with Gasteiger partial charge in [-0.1, -0.05) is 11.6 Å². The van der Waals surface area contributed by atoms with Crippen LogP contribution in [0.4, 0.5) is 0 Å². The van der Waals surface area contributed by atoms with Gasteiger partial charge in [0.25, 0.3) is 0 Å². The number of nitrogens with zero attached hydrogens (tertiary/aromatic N) is 1. The molecule has 0 saturated carbocycles. The van der Waals surface area contributed by atoms with Crippen molar-refractivity contribution < 1.29 is 31.1 Å². The van der Waals surface area contributed by atoms with Gasteiger partial charge in [-0.3, -0.25) is 0 Å². The van der Waals surface area contributed by atoms with E-state index in [0.29, 0.717) is 5.75 Å². The van der Waals surface area contributed by atoms with Crippen molar-refractivity contribution in [3.63, 3.8) is 0 Å². The van der Waals surface area contributed by atoms with Crippen LogP contribution in [0, 0.1) is 0 Å². The second-order valence-corrected chi connectivity index (χ2v) is 10.1.